The van der Waals surface area contributed by atoms with Gasteiger partial charge in [-0.3, -0.25) is 10.0 Å². The number of aromatic hydroxyl groups is 1. The number of carbonyl (C=O) groups is 2. The highest BCUT2D eigenvalue weighted by atomic mass is 16.3. The molecule has 0 radical (unpaired) electrons. The first kappa shape index (κ1) is 24.6. The molecule has 0 fully saturated rings. The average Bonchev–Trinajstić information content (AvgIpc) is 2.90. The summed E-state index contributed by atoms with van der Waals surface area (Å²) in [5.41, 5.74) is 11.4. The lowest BCUT2D eigenvalue weighted by atomic mass is 9.83. The second-order valence-corrected chi connectivity index (χ2v) is 10.0. The molecule has 37 heavy (non-hydrogen) atoms. The highest BCUT2D eigenvalue weighted by Crippen LogP contribution is 2.30. The molecule has 0 heterocycles. The quantitative estimate of drug-likeness (QED) is 0.269. The van der Waals surface area contributed by atoms with Crippen molar-refractivity contribution in [3.05, 3.63) is 86.6 Å². The van der Waals surface area contributed by atoms with E-state index in [1.807, 2.05) is 36.4 Å². The molecule has 1 unspecified atom stereocenters. The molecule has 5 rings (SSSR count). The van der Waals surface area contributed by atoms with Crippen LogP contribution in [0, 0.1) is 16.4 Å². The average molecular weight is 496 g/mol. The van der Waals surface area contributed by atoms with Gasteiger partial charge in [0.15, 0.2) is 0 Å². The lowest BCUT2D eigenvalue weighted by Gasteiger charge is -2.42. The minimum atomic E-state index is 0.282. The summed E-state index contributed by atoms with van der Waals surface area (Å²) in [5, 5.41) is 18.9. The minimum absolute atomic E-state index is 0.282. The summed E-state index contributed by atoms with van der Waals surface area (Å²) < 4.78 is 0. The number of hydrogen-bond acceptors (Lipinski definition) is 6. The highest BCUT2D eigenvalue weighted by Gasteiger charge is 2.26. The number of hydrogen-bond donors (Lipinski definition) is 2. The van der Waals surface area contributed by atoms with Crippen molar-refractivity contribution in [1.82, 2.24) is 5.01 Å². The third kappa shape index (κ3) is 4.84. The molecule has 0 aliphatic heterocycles. The summed E-state index contributed by atoms with van der Waals surface area (Å²) in [6.45, 7) is 3.31. The number of hydrazine groups is 1. The SMILES string of the molecule is CC1CC(N(CCC=O)N(CCC=O)c2ccc(N)cc2)=c2ccc3c(c2C1)CC=c1cc(O)ccc1=3. The predicted octanol–water partition coefficient (Wildman–Crippen LogP) is 3.19. The zero-order chi connectivity index (χ0) is 25.9. The van der Waals surface area contributed by atoms with Gasteiger partial charge in [0.05, 0.1) is 5.69 Å². The Morgan fingerprint density at radius 1 is 0.865 bits per heavy atom. The molecule has 2 aliphatic carbocycles. The standard InChI is InChI=1S/C31H33N3O3/c1-21-18-30-28-10-4-22-20-25(37)9-11-26(22)27(28)12-13-29(30)31(19-21)34(15-3-17-36)33(14-2-16-35)24-7-5-23(32)6-8-24/h4-9,11-13,16-17,20-21,37H,2-3,10,14-15,18-19,32H2,1H3. The minimum Gasteiger partial charge on any atom is -0.508 e. The van der Waals surface area contributed by atoms with Crippen LogP contribution in [0.5, 0.6) is 5.75 Å². The molecule has 0 saturated heterocycles. The van der Waals surface area contributed by atoms with Gasteiger partial charge >= 0.3 is 0 Å². The molecule has 190 valence electrons. The molecule has 6 nitrogen and oxygen atoms in total. The van der Waals surface area contributed by atoms with Gasteiger partial charge in [-0.05, 0) is 93.6 Å². The number of benzene rings is 3. The van der Waals surface area contributed by atoms with Gasteiger partial charge in [0, 0.05) is 37.3 Å². The predicted molar refractivity (Wildman–Crippen MR) is 147 cm³/mol. The second kappa shape index (κ2) is 10.5. The van der Waals surface area contributed by atoms with Crippen LogP contribution in [0.15, 0.2) is 54.6 Å². The largest absolute Gasteiger partial charge is 0.508 e. The number of nitrogens with zero attached hydrogens (tertiary/aromatic N) is 2. The third-order valence-corrected chi connectivity index (χ3v) is 7.40. The zero-order valence-corrected chi connectivity index (χ0v) is 21.2. The normalized spacial score (nSPS) is 15.6. The van der Waals surface area contributed by atoms with Crippen molar-refractivity contribution in [2.45, 2.75) is 39.0 Å². The third-order valence-electron chi connectivity index (χ3n) is 7.40. The Labute approximate surface area is 216 Å². The first-order chi connectivity index (χ1) is 18.0. The van der Waals surface area contributed by atoms with Gasteiger partial charge in [0.25, 0.3) is 0 Å². The molecule has 0 bridgehead atoms. The van der Waals surface area contributed by atoms with E-state index in [4.69, 9.17) is 5.73 Å². The van der Waals surface area contributed by atoms with Crippen LogP contribution in [-0.4, -0.2) is 35.8 Å². The van der Waals surface area contributed by atoms with Crippen molar-refractivity contribution >= 4 is 35.7 Å². The van der Waals surface area contributed by atoms with E-state index in [0.29, 0.717) is 37.5 Å². The van der Waals surface area contributed by atoms with Gasteiger partial charge in [-0.1, -0.05) is 31.2 Å². The summed E-state index contributed by atoms with van der Waals surface area (Å²) in [5.74, 6) is 0.706. The summed E-state index contributed by atoms with van der Waals surface area (Å²) in [6, 6.07) is 17.7. The molecule has 0 aromatic heterocycles. The van der Waals surface area contributed by atoms with E-state index < -0.39 is 0 Å². The molecular formula is C31H33N3O3. The summed E-state index contributed by atoms with van der Waals surface area (Å²) >= 11 is 0. The van der Waals surface area contributed by atoms with Crippen molar-refractivity contribution in [2.24, 2.45) is 5.92 Å². The molecule has 3 N–H and O–H groups in total. The van der Waals surface area contributed by atoms with E-state index in [-0.39, 0.29) is 5.75 Å². The van der Waals surface area contributed by atoms with E-state index in [9.17, 15) is 14.7 Å². The first-order valence-corrected chi connectivity index (χ1v) is 13.0. The maximum atomic E-state index is 11.5. The number of nitrogens with two attached hydrogens (primary N) is 1. The van der Waals surface area contributed by atoms with Crippen LogP contribution in [0.3, 0.4) is 0 Å². The fourth-order valence-corrected chi connectivity index (χ4v) is 5.75. The summed E-state index contributed by atoms with van der Waals surface area (Å²) in [7, 11) is 0. The van der Waals surface area contributed by atoms with Gasteiger partial charge < -0.3 is 20.4 Å². The Kier molecular flexibility index (Phi) is 6.99. The zero-order valence-electron chi connectivity index (χ0n) is 21.2. The number of phenols is 1. The molecular weight excluding hydrogens is 462 g/mol. The van der Waals surface area contributed by atoms with Crippen LogP contribution in [0.2, 0.25) is 0 Å². The highest BCUT2D eigenvalue weighted by molar-refractivity contribution is 5.61. The number of fused-ring (bicyclic) bond motifs is 4. The van der Waals surface area contributed by atoms with E-state index in [0.717, 1.165) is 48.0 Å². The van der Waals surface area contributed by atoms with E-state index >= 15 is 0 Å². The Hall–Kier alpha value is -4.06. The van der Waals surface area contributed by atoms with Crippen molar-refractivity contribution < 1.29 is 14.7 Å². The van der Waals surface area contributed by atoms with E-state index in [1.165, 1.54) is 27.3 Å². The molecule has 3 aromatic carbocycles. The number of aldehydes is 2. The number of nitrogen functional groups attached to an aromatic ring is 1. The van der Waals surface area contributed by atoms with Gasteiger partial charge in [-0.25, -0.2) is 0 Å². The lowest BCUT2D eigenvalue weighted by Crippen LogP contribution is -2.47. The topological polar surface area (TPSA) is 86.9 Å². The maximum absolute atomic E-state index is 11.5. The Balaban J connectivity index is 1.74. The first-order valence-electron chi connectivity index (χ1n) is 13.0. The smallest absolute Gasteiger partial charge is 0.121 e. The van der Waals surface area contributed by atoms with Crippen LogP contribution >= 0.6 is 0 Å². The van der Waals surface area contributed by atoms with Crippen molar-refractivity contribution in [2.75, 3.05) is 23.8 Å². The fraction of sp³-hybridized carbons (Fsp3) is 0.290. The number of rotatable bonds is 9. The van der Waals surface area contributed by atoms with Gasteiger partial charge in [0.1, 0.15) is 18.3 Å². The monoisotopic (exact) mass is 495 g/mol. The van der Waals surface area contributed by atoms with Crippen LogP contribution in [0.25, 0.3) is 11.8 Å². The van der Waals surface area contributed by atoms with Crippen molar-refractivity contribution in [3.63, 3.8) is 0 Å². The van der Waals surface area contributed by atoms with Gasteiger partial charge in [0.2, 0.25) is 0 Å². The van der Waals surface area contributed by atoms with Crippen LogP contribution < -0.4 is 21.2 Å². The number of phenolic OH excluding ortho intramolecular Hbond substituents is 1. The molecule has 0 amide bonds. The number of carbonyl (C=O) groups excluding carboxylic acids is 2. The molecule has 0 spiro atoms. The van der Waals surface area contributed by atoms with E-state index in [1.54, 1.807) is 6.07 Å². The summed E-state index contributed by atoms with van der Waals surface area (Å²) in [6.07, 6.45) is 7.53. The number of anilines is 2. The van der Waals surface area contributed by atoms with Crippen molar-refractivity contribution in [1.29, 1.82) is 0 Å². The second-order valence-electron chi connectivity index (χ2n) is 10.0. The Morgan fingerprint density at radius 3 is 2.27 bits per heavy atom. The lowest BCUT2D eigenvalue weighted by molar-refractivity contribution is -0.109. The molecule has 0 saturated carbocycles. The van der Waals surface area contributed by atoms with Gasteiger partial charge in [-0.15, -0.1) is 0 Å². The van der Waals surface area contributed by atoms with Gasteiger partial charge in [-0.2, -0.15) is 0 Å². The van der Waals surface area contributed by atoms with Crippen LogP contribution in [-0.2, 0) is 22.4 Å². The molecule has 1 atom stereocenters. The molecule has 2 aliphatic rings. The maximum Gasteiger partial charge on any atom is 0.121 e. The molecule has 3 aromatic rings. The Morgan fingerprint density at radius 2 is 1.54 bits per heavy atom. The molecule has 6 heteroatoms. The van der Waals surface area contributed by atoms with E-state index in [2.05, 4.69) is 35.2 Å². The van der Waals surface area contributed by atoms with Crippen LogP contribution in [0.1, 0.15) is 37.3 Å². The van der Waals surface area contributed by atoms with Crippen LogP contribution in [0.4, 0.5) is 11.4 Å². The summed E-state index contributed by atoms with van der Waals surface area (Å²) in [4.78, 5) is 22.9. The fourth-order valence-electron chi connectivity index (χ4n) is 5.75. The van der Waals surface area contributed by atoms with Crippen molar-refractivity contribution in [3.8, 4) is 5.75 Å². The Bertz CT molecular complexity index is 1550.